The van der Waals surface area contributed by atoms with Gasteiger partial charge in [-0.1, -0.05) is 19.1 Å². The van der Waals surface area contributed by atoms with Gasteiger partial charge in [0.2, 0.25) is 0 Å². The molecule has 0 unspecified atom stereocenters. The Morgan fingerprint density at radius 1 is 1.50 bits per heavy atom. The minimum atomic E-state index is 0.0620. The molecule has 1 rings (SSSR count). The second-order valence-corrected chi connectivity index (χ2v) is 4.40. The van der Waals surface area contributed by atoms with Crippen LogP contribution in [0.2, 0.25) is 0 Å². The fraction of sp³-hybridized carbons (Fsp3) is 0.818. The van der Waals surface area contributed by atoms with E-state index < -0.39 is 0 Å². The molecule has 1 heteroatoms. The summed E-state index contributed by atoms with van der Waals surface area (Å²) < 4.78 is 0. The van der Waals surface area contributed by atoms with Crippen molar-refractivity contribution >= 4 is 0 Å². The van der Waals surface area contributed by atoms with Gasteiger partial charge < -0.3 is 5.11 Å². The van der Waals surface area contributed by atoms with Crippen molar-refractivity contribution in [1.29, 1.82) is 0 Å². The second kappa shape index (κ2) is 3.61. The van der Waals surface area contributed by atoms with Gasteiger partial charge in [-0.25, -0.2) is 0 Å². The molecule has 1 fully saturated rings. The molecule has 1 aliphatic rings. The topological polar surface area (TPSA) is 20.2 Å². The third-order valence-corrected chi connectivity index (χ3v) is 3.44. The minimum absolute atomic E-state index is 0.0620. The lowest BCUT2D eigenvalue weighted by atomic mass is 9.68. The molecule has 70 valence electrons. The van der Waals surface area contributed by atoms with Crippen molar-refractivity contribution in [1.82, 2.24) is 0 Å². The van der Waals surface area contributed by atoms with Crippen molar-refractivity contribution in [3.8, 4) is 0 Å². The highest BCUT2D eigenvalue weighted by molar-refractivity contribution is 5.09. The summed E-state index contributed by atoms with van der Waals surface area (Å²) in [4.78, 5) is 0. The van der Waals surface area contributed by atoms with Gasteiger partial charge in [-0.2, -0.15) is 0 Å². The first-order valence-electron chi connectivity index (χ1n) is 4.87. The first-order chi connectivity index (χ1) is 5.60. The molecule has 0 spiro atoms. The van der Waals surface area contributed by atoms with Gasteiger partial charge in [-0.15, -0.1) is 0 Å². The predicted molar refractivity (Wildman–Crippen MR) is 52.0 cm³/mol. The van der Waals surface area contributed by atoms with Crippen LogP contribution in [0.15, 0.2) is 12.2 Å². The van der Waals surface area contributed by atoms with E-state index in [0.29, 0.717) is 0 Å². The SMILES string of the molecule is C=C(C)C1(CO)CCC(C)CC1. The molecule has 1 aliphatic carbocycles. The average Bonchev–Trinajstić information content (AvgIpc) is 2.06. The summed E-state index contributed by atoms with van der Waals surface area (Å²) in [6.45, 7) is 8.61. The van der Waals surface area contributed by atoms with Crippen LogP contribution >= 0.6 is 0 Å². The Bertz CT molecular complexity index is 164. The quantitative estimate of drug-likeness (QED) is 0.629. The van der Waals surface area contributed by atoms with Crippen molar-refractivity contribution in [3.63, 3.8) is 0 Å². The highest BCUT2D eigenvalue weighted by Gasteiger charge is 2.33. The molecule has 1 nitrogen and oxygen atoms in total. The van der Waals surface area contributed by atoms with Crippen LogP contribution in [-0.2, 0) is 0 Å². The molecule has 0 atom stereocenters. The largest absolute Gasteiger partial charge is 0.395 e. The third-order valence-electron chi connectivity index (χ3n) is 3.44. The fourth-order valence-electron chi connectivity index (χ4n) is 2.03. The predicted octanol–water partition coefficient (Wildman–Crippen LogP) is 2.75. The maximum Gasteiger partial charge on any atom is 0.0524 e. The molecule has 0 amide bonds. The van der Waals surface area contributed by atoms with E-state index in [-0.39, 0.29) is 12.0 Å². The molecule has 0 saturated heterocycles. The molecule has 0 aliphatic heterocycles. The maximum atomic E-state index is 9.34. The van der Waals surface area contributed by atoms with E-state index in [0.717, 1.165) is 24.3 Å². The summed E-state index contributed by atoms with van der Waals surface area (Å²) in [6.07, 6.45) is 4.74. The van der Waals surface area contributed by atoms with Gasteiger partial charge in [0.1, 0.15) is 0 Å². The molecule has 0 aromatic carbocycles. The lowest BCUT2D eigenvalue weighted by Crippen LogP contribution is -2.31. The van der Waals surface area contributed by atoms with E-state index in [1.165, 1.54) is 12.8 Å². The van der Waals surface area contributed by atoms with Crippen molar-refractivity contribution in [2.45, 2.75) is 39.5 Å². The second-order valence-electron chi connectivity index (χ2n) is 4.40. The monoisotopic (exact) mass is 168 g/mol. The average molecular weight is 168 g/mol. The van der Waals surface area contributed by atoms with E-state index in [1.807, 2.05) is 6.92 Å². The summed E-state index contributed by atoms with van der Waals surface area (Å²) >= 11 is 0. The highest BCUT2D eigenvalue weighted by Crippen LogP contribution is 2.42. The zero-order chi connectivity index (χ0) is 9.19. The first kappa shape index (κ1) is 9.79. The highest BCUT2D eigenvalue weighted by atomic mass is 16.3. The molecule has 1 N–H and O–H groups in total. The normalized spacial score (nSPS) is 36.4. The van der Waals surface area contributed by atoms with Gasteiger partial charge in [0.05, 0.1) is 6.61 Å². The van der Waals surface area contributed by atoms with Gasteiger partial charge in [0.15, 0.2) is 0 Å². The smallest absolute Gasteiger partial charge is 0.0524 e. The fourth-order valence-corrected chi connectivity index (χ4v) is 2.03. The Balaban J connectivity index is 2.63. The molecule has 12 heavy (non-hydrogen) atoms. The number of hydrogen-bond donors (Lipinski definition) is 1. The van der Waals surface area contributed by atoms with Crippen LogP contribution in [0.4, 0.5) is 0 Å². The molecule has 0 radical (unpaired) electrons. The van der Waals surface area contributed by atoms with Crippen LogP contribution in [0, 0.1) is 11.3 Å². The van der Waals surface area contributed by atoms with Crippen molar-refractivity contribution in [2.75, 3.05) is 6.61 Å². The number of aliphatic hydroxyl groups excluding tert-OH is 1. The lowest BCUT2D eigenvalue weighted by molar-refractivity contribution is 0.100. The zero-order valence-corrected chi connectivity index (χ0v) is 8.27. The lowest BCUT2D eigenvalue weighted by Gasteiger charge is -2.38. The number of rotatable bonds is 2. The molecule has 0 aromatic heterocycles. The van der Waals surface area contributed by atoms with Gasteiger partial charge in [0.25, 0.3) is 0 Å². The molecule has 0 aromatic rings. The Morgan fingerprint density at radius 3 is 2.33 bits per heavy atom. The summed E-state index contributed by atoms with van der Waals surface area (Å²) in [5.74, 6) is 0.837. The molecular formula is C11H20O. The molecule has 0 heterocycles. The van der Waals surface area contributed by atoms with Crippen LogP contribution in [-0.4, -0.2) is 11.7 Å². The van der Waals surface area contributed by atoms with Gasteiger partial charge in [-0.05, 0) is 38.5 Å². The van der Waals surface area contributed by atoms with Gasteiger partial charge >= 0.3 is 0 Å². The number of aliphatic hydroxyl groups is 1. The van der Waals surface area contributed by atoms with E-state index in [2.05, 4.69) is 13.5 Å². The maximum absolute atomic E-state index is 9.34. The van der Waals surface area contributed by atoms with E-state index >= 15 is 0 Å². The van der Waals surface area contributed by atoms with Crippen LogP contribution in [0.3, 0.4) is 0 Å². The number of hydrogen-bond acceptors (Lipinski definition) is 1. The van der Waals surface area contributed by atoms with Gasteiger partial charge in [-0.3, -0.25) is 0 Å². The van der Waals surface area contributed by atoms with Crippen molar-refractivity contribution in [2.24, 2.45) is 11.3 Å². The first-order valence-corrected chi connectivity index (χ1v) is 4.87. The van der Waals surface area contributed by atoms with Crippen LogP contribution in [0.25, 0.3) is 0 Å². The Kier molecular flexibility index (Phi) is 2.94. The molecular weight excluding hydrogens is 148 g/mol. The van der Waals surface area contributed by atoms with E-state index in [4.69, 9.17) is 0 Å². The van der Waals surface area contributed by atoms with Crippen molar-refractivity contribution in [3.05, 3.63) is 12.2 Å². The summed E-state index contributed by atoms with van der Waals surface area (Å²) in [7, 11) is 0. The van der Waals surface area contributed by atoms with E-state index in [9.17, 15) is 5.11 Å². The van der Waals surface area contributed by atoms with Crippen LogP contribution in [0.1, 0.15) is 39.5 Å². The Labute approximate surface area is 75.5 Å². The summed E-state index contributed by atoms with van der Waals surface area (Å²) in [5.41, 5.74) is 1.23. The standard InChI is InChI=1S/C11H20O/c1-9(2)11(8-12)6-4-10(3)5-7-11/h10,12H,1,4-8H2,2-3H3. The third kappa shape index (κ3) is 1.71. The minimum Gasteiger partial charge on any atom is -0.395 e. The Morgan fingerprint density at radius 2 is 2.00 bits per heavy atom. The molecule has 0 bridgehead atoms. The van der Waals surface area contributed by atoms with Gasteiger partial charge in [0, 0.05) is 5.41 Å². The van der Waals surface area contributed by atoms with E-state index in [1.54, 1.807) is 0 Å². The van der Waals surface area contributed by atoms with Crippen LogP contribution < -0.4 is 0 Å². The Hall–Kier alpha value is -0.300. The summed E-state index contributed by atoms with van der Waals surface area (Å²) in [5, 5.41) is 9.34. The summed E-state index contributed by atoms with van der Waals surface area (Å²) in [6, 6.07) is 0. The zero-order valence-electron chi connectivity index (χ0n) is 8.27. The molecule has 1 saturated carbocycles. The van der Waals surface area contributed by atoms with Crippen molar-refractivity contribution < 1.29 is 5.11 Å². The van der Waals surface area contributed by atoms with Crippen LogP contribution in [0.5, 0.6) is 0 Å².